The molecule has 3 nitrogen and oxygen atoms in total. The van der Waals surface area contributed by atoms with Crippen molar-refractivity contribution < 1.29 is 9.90 Å². The van der Waals surface area contributed by atoms with Crippen LogP contribution in [0.5, 0.6) is 5.75 Å². The molecule has 1 aromatic carbocycles. The van der Waals surface area contributed by atoms with E-state index in [1.165, 1.54) is 11.3 Å². The number of benzene rings is 1. The fraction of sp³-hybridized carbons (Fsp3) is 0.154. The average molecular weight is 247 g/mol. The Hall–Kier alpha value is -1.81. The number of hydrogen-bond acceptors (Lipinski definition) is 3. The van der Waals surface area contributed by atoms with Crippen LogP contribution in [0.3, 0.4) is 0 Å². The standard InChI is InChI=1S/C13H13NO2S/c1-2-14(10-5-3-6-11(15)9-10)13(16)12-7-4-8-17-12/h3-9,15H,2H2,1H3. The summed E-state index contributed by atoms with van der Waals surface area (Å²) in [7, 11) is 0. The zero-order chi connectivity index (χ0) is 12.3. The minimum atomic E-state index is -0.0342. The van der Waals surface area contributed by atoms with E-state index >= 15 is 0 Å². The summed E-state index contributed by atoms with van der Waals surface area (Å²) in [5.41, 5.74) is 0.714. The minimum absolute atomic E-state index is 0.0342. The van der Waals surface area contributed by atoms with Gasteiger partial charge in [0, 0.05) is 18.3 Å². The van der Waals surface area contributed by atoms with Gasteiger partial charge in [-0.2, -0.15) is 0 Å². The number of hydrogen-bond donors (Lipinski definition) is 1. The number of nitrogens with zero attached hydrogens (tertiary/aromatic N) is 1. The van der Waals surface area contributed by atoms with Crippen LogP contribution in [0.2, 0.25) is 0 Å². The maximum atomic E-state index is 12.2. The first kappa shape index (κ1) is 11.7. The van der Waals surface area contributed by atoms with Crippen LogP contribution < -0.4 is 4.90 Å². The molecule has 0 saturated carbocycles. The van der Waals surface area contributed by atoms with Crippen molar-refractivity contribution in [2.45, 2.75) is 6.92 Å². The second-order valence-electron chi connectivity index (χ2n) is 3.55. The highest BCUT2D eigenvalue weighted by atomic mass is 32.1. The molecule has 0 atom stereocenters. The molecule has 0 aliphatic heterocycles. The van der Waals surface area contributed by atoms with Crippen LogP contribution in [-0.4, -0.2) is 17.6 Å². The summed E-state index contributed by atoms with van der Waals surface area (Å²) >= 11 is 1.42. The van der Waals surface area contributed by atoms with E-state index in [0.29, 0.717) is 17.1 Å². The lowest BCUT2D eigenvalue weighted by Gasteiger charge is -2.20. The number of carbonyl (C=O) groups excluding carboxylic acids is 1. The number of amides is 1. The molecule has 4 heteroatoms. The van der Waals surface area contributed by atoms with Gasteiger partial charge >= 0.3 is 0 Å². The Bertz CT molecular complexity index is 508. The van der Waals surface area contributed by atoms with Gasteiger partial charge < -0.3 is 10.0 Å². The first-order valence-corrected chi connectivity index (χ1v) is 6.24. The van der Waals surface area contributed by atoms with E-state index in [1.807, 2.05) is 24.4 Å². The molecule has 1 amide bonds. The van der Waals surface area contributed by atoms with E-state index in [0.717, 1.165) is 0 Å². The molecule has 1 aromatic heterocycles. The number of aromatic hydroxyl groups is 1. The highest BCUT2D eigenvalue weighted by Gasteiger charge is 2.16. The van der Waals surface area contributed by atoms with Gasteiger partial charge in [0.1, 0.15) is 5.75 Å². The Kier molecular flexibility index (Phi) is 3.44. The average Bonchev–Trinajstić information content (AvgIpc) is 2.83. The number of carbonyl (C=O) groups is 1. The van der Waals surface area contributed by atoms with Gasteiger partial charge in [0.2, 0.25) is 0 Å². The van der Waals surface area contributed by atoms with Crippen LogP contribution in [0, 0.1) is 0 Å². The summed E-state index contributed by atoms with van der Waals surface area (Å²) in [6.45, 7) is 2.48. The van der Waals surface area contributed by atoms with Crippen LogP contribution >= 0.6 is 11.3 Å². The Morgan fingerprint density at radius 1 is 1.35 bits per heavy atom. The Labute approximate surface area is 104 Å². The molecule has 0 fully saturated rings. The lowest BCUT2D eigenvalue weighted by molar-refractivity contribution is 0.0992. The normalized spacial score (nSPS) is 10.2. The Morgan fingerprint density at radius 2 is 2.18 bits per heavy atom. The van der Waals surface area contributed by atoms with E-state index in [4.69, 9.17) is 0 Å². The summed E-state index contributed by atoms with van der Waals surface area (Å²) < 4.78 is 0. The molecule has 0 aliphatic carbocycles. The molecule has 2 rings (SSSR count). The highest BCUT2D eigenvalue weighted by molar-refractivity contribution is 7.12. The maximum absolute atomic E-state index is 12.2. The molecule has 88 valence electrons. The fourth-order valence-corrected chi connectivity index (χ4v) is 2.31. The van der Waals surface area contributed by atoms with Crippen LogP contribution in [0.25, 0.3) is 0 Å². The van der Waals surface area contributed by atoms with Crippen LogP contribution in [0.15, 0.2) is 41.8 Å². The highest BCUT2D eigenvalue weighted by Crippen LogP contribution is 2.22. The molecule has 0 unspecified atom stereocenters. The summed E-state index contributed by atoms with van der Waals surface area (Å²) in [5, 5.41) is 11.3. The maximum Gasteiger partial charge on any atom is 0.268 e. The van der Waals surface area contributed by atoms with Crippen LogP contribution in [0.4, 0.5) is 5.69 Å². The first-order chi connectivity index (χ1) is 8.22. The van der Waals surface area contributed by atoms with Crippen molar-refractivity contribution in [1.29, 1.82) is 0 Å². The van der Waals surface area contributed by atoms with E-state index in [9.17, 15) is 9.90 Å². The number of rotatable bonds is 3. The van der Waals surface area contributed by atoms with Gasteiger partial charge in [-0.15, -0.1) is 11.3 Å². The number of phenolic OH excluding ortho intramolecular Hbond substituents is 1. The van der Waals surface area contributed by atoms with Crippen molar-refractivity contribution in [3.05, 3.63) is 46.7 Å². The van der Waals surface area contributed by atoms with E-state index < -0.39 is 0 Å². The summed E-state index contributed by atoms with van der Waals surface area (Å²) in [6, 6.07) is 10.4. The predicted molar refractivity (Wildman–Crippen MR) is 69.8 cm³/mol. The molecule has 17 heavy (non-hydrogen) atoms. The topological polar surface area (TPSA) is 40.5 Å². The van der Waals surface area contributed by atoms with Crippen LogP contribution in [0.1, 0.15) is 16.6 Å². The van der Waals surface area contributed by atoms with Crippen molar-refractivity contribution in [2.24, 2.45) is 0 Å². The van der Waals surface area contributed by atoms with Gasteiger partial charge in [-0.25, -0.2) is 0 Å². The lowest BCUT2D eigenvalue weighted by Crippen LogP contribution is -2.29. The number of anilines is 1. The third kappa shape index (κ3) is 2.47. The molecule has 2 aromatic rings. The molecule has 1 N–H and O–H groups in total. The van der Waals surface area contributed by atoms with E-state index in [2.05, 4.69) is 0 Å². The minimum Gasteiger partial charge on any atom is -0.508 e. The van der Waals surface area contributed by atoms with Crippen molar-refractivity contribution in [3.8, 4) is 5.75 Å². The van der Waals surface area contributed by atoms with E-state index in [1.54, 1.807) is 29.2 Å². The Balaban J connectivity index is 2.31. The molecule has 0 radical (unpaired) electrons. The van der Waals surface area contributed by atoms with Gasteiger partial charge in [-0.05, 0) is 30.5 Å². The molecule has 0 saturated heterocycles. The predicted octanol–water partition coefficient (Wildman–Crippen LogP) is 3.12. The van der Waals surface area contributed by atoms with Gasteiger partial charge in [-0.1, -0.05) is 12.1 Å². The molecule has 0 bridgehead atoms. The molecule has 0 spiro atoms. The smallest absolute Gasteiger partial charge is 0.268 e. The zero-order valence-corrected chi connectivity index (χ0v) is 10.3. The number of phenols is 1. The monoisotopic (exact) mass is 247 g/mol. The summed E-state index contributed by atoms with van der Waals surface area (Å²) in [5.74, 6) is 0.132. The van der Waals surface area contributed by atoms with Crippen LogP contribution in [-0.2, 0) is 0 Å². The van der Waals surface area contributed by atoms with Gasteiger partial charge in [0.25, 0.3) is 5.91 Å². The molecular formula is C13H13NO2S. The largest absolute Gasteiger partial charge is 0.508 e. The molecule has 0 aliphatic rings. The Morgan fingerprint density at radius 3 is 2.76 bits per heavy atom. The second kappa shape index (κ2) is 5.01. The SMILES string of the molecule is CCN(C(=O)c1cccs1)c1cccc(O)c1. The number of thiophene rings is 1. The van der Waals surface area contributed by atoms with Crippen molar-refractivity contribution in [1.82, 2.24) is 0 Å². The second-order valence-corrected chi connectivity index (χ2v) is 4.49. The zero-order valence-electron chi connectivity index (χ0n) is 9.46. The fourth-order valence-electron chi connectivity index (χ4n) is 1.64. The van der Waals surface area contributed by atoms with Crippen molar-refractivity contribution in [2.75, 3.05) is 11.4 Å². The summed E-state index contributed by atoms with van der Waals surface area (Å²) in [6.07, 6.45) is 0. The van der Waals surface area contributed by atoms with Gasteiger partial charge in [0.05, 0.1) is 4.88 Å². The quantitative estimate of drug-likeness (QED) is 0.905. The van der Waals surface area contributed by atoms with E-state index in [-0.39, 0.29) is 11.7 Å². The lowest BCUT2D eigenvalue weighted by atomic mass is 10.2. The summed E-state index contributed by atoms with van der Waals surface area (Å²) in [4.78, 5) is 14.6. The van der Waals surface area contributed by atoms with Gasteiger partial charge in [-0.3, -0.25) is 4.79 Å². The first-order valence-electron chi connectivity index (χ1n) is 5.36. The molecule has 1 heterocycles. The van der Waals surface area contributed by atoms with Crippen molar-refractivity contribution in [3.63, 3.8) is 0 Å². The third-order valence-electron chi connectivity index (χ3n) is 2.43. The van der Waals surface area contributed by atoms with Gasteiger partial charge in [0.15, 0.2) is 0 Å². The molecular weight excluding hydrogens is 234 g/mol. The third-order valence-corrected chi connectivity index (χ3v) is 3.29. The van der Waals surface area contributed by atoms with Crippen molar-refractivity contribution >= 4 is 22.9 Å².